The fourth-order valence-electron chi connectivity index (χ4n) is 3.17. The molecule has 1 N–H and O–H groups in total. The molecule has 0 aliphatic heterocycles. The predicted molar refractivity (Wildman–Crippen MR) is 104 cm³/mol. The molecule has 1 aromatic carbocycles. The average Bonchev–Trinajstić information content (AvgIpc) is 3.17. The summed E-state index contributed by atoms with van der Waals surface area (Å²) in [6, 6.07) is 5.29. The zero-order valence-electron chi connectivity index (χ0n) is 16.0. The lowest BCUT2D eigenvalue weighted by molar-refractivity contribution is -0.135. The topological polar surface area (TPSA) is 73.6 Å². The van der Waals surface area contributed by atoms with Crippen LogP contribution in [0.1, 0.15) is 39.5 Å². The minimum absolute atomic E-state index is 0.214. The first kappa shape index (κ1) is 19.8. The van der Waals surface area contributed by atoms with Gasteiger partial charge >= 0.3 is 6.61 Å². The van der Waals surface area contributed by atoms with Crippen LogP contribution < -0.4 is 10.1 Å². The number of amides is 1. The number of nitrogens with zero attached hydrogens (tertiary/aromatic N) is 1. The number of rotatable bonds is 8. The van der Waals surface area contributed by atoms with Crippen LogP contribution in [0.2, 0.25) is 0 Å². The molecule has 9 heteroatoms. The van der Waals surface area contributed by atoms with Crippen LogP contribution in [0.25, 0.3) is 11.0 Å². The van der Waals surface area contributed by atoms with Gasteiger partial charge in [-0.05, 0) is 44.9 Å². The van der Waals surface area contributed by atoms with Crippen molar-refractivity contribution in [2.24, 2.45) is 0 Å². The lowest BCUT2D eigenvalue weighted by Crippen LogP contribution is -2.41. The number of aryl methyl sites for hydroxylation is 2. The molecule has 0 saturated heterocycles. The van der Waals surface area contributed by atoms with Crippen LogP contribution in [-0.4, -0.2) is 29.6 Å². The third-order valence-electron chi connectivity index (χ3n) is 5.00. The van der Waals surface area contributed by atoms with Gasteiger partial charge in [-0.2, -0.15) is 8.78 Å². The lowest BCUT2D eigenvalue weighted by atomic mass is 10.1. The van der Waals surface area contributed by atoms with Crippen LogP contribution >= 0.6 is 11.3 Å². The van der Waals surface area contributed by atoms with Crippen molar-refractivity contribution in [3.05, 3.63) is 45.6 Å². The average molecular weight is 422 g/mol. The van der Waals surface area contributed by atoms with E-state index in [1.165, 1.54) is 11.3 Å². The van der Waals surface area contributed by atoms with E-state index in [0.717, 1.165) is 10.6 Å². The van der Waals surface area contributed by atoms with Gasteiger partial charge in [0.15, 0.2) is 0 Å². The van der Waals surface area contributed by atoms with E-state index in [9.17, 15) is 13.6 Å². The molecule has 29 heavy (non-hydrogen) atoms. The smallest absolute Gasteiger partial charge is 0.345 e. The number of nitrogens with one attached hydrogen (secondary N) is 1. The van der Waals surface area contributed by atoms with E-state index in [1.54, 1.807) is 30.6 Å². The van der Waals surface area contributed by atoms with Gasteiger partial charge in [-0.25, -0.2) is 4.98 Å². The Bertz CT molecular complexity index is 1040. The van der Waals surface area contributed by atoms with Crippen molar-refractivity contribution < 1.29 is 27.5 Å². The minimum Gasteiger partial charge on any atom is -0.488 e. The molecule has 2 aromatic heterocycles. The SMILES string of the molecule is Cc1ncsc1COc1ccc2oc(C)c(C(=O)NC3(COC(F)F)CC3)c2c1. The summed E-state index contributed by atoms with van der Waals surface area (Å²) in [6.07, 6.45) is 1.20. The molecule has 1 aliphatic carbocycles. The predicted octanol–water partition coefficient (Wildman–Crippen LogP) is 4.59. The summed E-state index contributed by atoms with van der Waals surface area (Å²) in [5, 5.41) is 3.45. The van der Waals surface area contributed by atoms with Crippen LogP contribution in [-0.2, 0) is 11.3 Å². The molecule has 0 atom stereocenters. The van der Waals surface area contributed by atoms with Crippen molar-refractivity contribution in [3.8, 4) is 5.75 Å². The van der Waals surface area contributed by atoms with Gasteiger partial charge in [0.1, 0.15) is 23.7 Å². The normalized spacial score (nSPS) is 15.1. The first-order chi connectivity index (χ1) is 13.9. The quantitative estimate of drug-likeness (QED) is 0.575. The molecular weight excluding hydrogens is 402 g/mol. The number of hydrogen-bond acceptors (Lipinski definition) is 6. The molecule has 1 saturated carbocycles. The summed E-state index contributed by atoms with van der Waals surface area (Å²) in [7, 11) is 0. The largest absolute Gasteiger partial charge is 0.488 e. The van der Waals surface area contributed by atoms with Crippen LogP contribution in [0.5, 0.6) is 5.75 Å². The van der Waals surface area contributed by atoms with Crippen molar-refractivity contribution in [1.29, 1.82) is 0 Å². The van der Waals surface area contributed by atoms with Crippen molar-refractivity contribution >= 4 is 28.2 Å². The van der Waals surface area contributed by atoms with Crippen molar-refractivity contribution in [2.45, 2.75) is 45.4 Å². The molecule has 0 bridgehead atoms. The van der Waals surface area contributed by atoms with E-state index in [2.05, 4.69) is 15.0 Å². The third-order valence-corrected chi connectivity index (χ3v) is 5.90. The van der Waals surface area contributed by atoms with Gasteiger partial charge in [0.25, 0.3) is 5.91 Å². The fraction of sp³-hybridized carbons (Fsp3) is 0.400. The molecule has 1 amide bonds. The van der Waals surface area contributed by atoms with E-state index in [0.29, 0.717) is 47.5 Å². The molecular formula is C20H20F2N2O4S. The van der Waals surface area contributed by atoms with Crippen molar-refractivity contribution in [2.75, 3.05) is 6.61 Å². The monoisotopic (exact) mass is 422 g/mol. The Morgan fingerprint density at radius 3 is 2.83 bits per heavy atom. The summed E-state index contributed by atoms with van der Waals surface area (Å²) < 4.78 is 40.7. The second kappa shape index (κ2) is 7.72. The van der Waals surface area contributed by atoms with E-state index >= 15 is 0 Å². The summed E-state index contributed by atoms with van der Waals surface area (Å²) >= 11 is 1.52. The number of furan rings is 1. The number of aromatic nitrogens is 1. The standard InChI is InChI=1S/C20H20F2N2O4S/c1-11-16(29-10-23-11)8-26-13-3-4-15-14(7-13)17(12(2)28-15)18(25)24-20(5-6-20)9-27-19(21)22/h3-4,7,10,19H,5-6,8-9H2,1-2H3,(H,24,25). The Kier molecular flexibility index (Phi) is 5.26. The van der Waals surface area contributed by atoms with Crippen LogP contribution in [0.3, 0.4) is 0 Å². The lowest BCUT2D eigenvalue weighted by Gasteiger charge is -2.17. The molecule has 3 aromatic rings. The molecule has 2 heterocycles. The molecule has 0 spiro atoms. The molecule has 4 rings (SSSR count). The Balaban J connectivity index is 1.53. The van der Waals surface area contributed by atoms with E-state index < -0.39 is 12.2 Å². The number of alkyl halides is 2. The minimum atomic E-state index is -2.86. The number of carbonyl (C=O) groups is 1. The van der Waals surface area contributed by atoms with Crippen LogP contribution in [0, 0.1) is 13.8 Å². The molecule has 0 unspecified atom stereocenters. The maximum atomic E-state index is 12.9. The second-order valence-corrected chi connectivity index (χ2v) is 8.09. The number of thiazole rings is 1. The number of ether oxygens (including phenoxy) is 2. The summed E-state index contributed by atoms with van der Waals surface area (Å²) in [5.74, 6) is 0.688. The molecule has 1 fully saturated rings. The highest BCUT2D eigenvalue weighted by Gasteiger charge is 2.45. The fourth-order valence-corrected chi connectivity index (χ4v) is 3.86. The third kappa shape index (κ3) is 4.25. The van der Waals surface area contributed by atoms with Gasteiger partial charge in [-0.1, -0.05) is 0 Å². The van der Waals surface area contributed by atoms with Gasteiger partial charge in [-0.15, -0.1) is 11.3 Å². The maximum absolute atomic E-state index is 12.9. The Morgan fingerprint density at radius 1 is 1.38 bits per heavy atom. The van der Waals surface area contributed by atoms with E-state index in [1.807, 2.05) is 6.92 Å². The number of carbonyl (C=O) groups excluding carboxylic acids is 1. The van der Waals surface area contributed by atoms with Crippen molar-refractivity contribution in [3.63, 3.8) is 0 Å². The number of halogens is 2. The molecule has 1 aliphatic rings. The van der Waals surface area contributed by atoms with Gasteiger partial charge in [0, 0.05) is 5.39 Å². The zero-order chi connectivity index (χ0) is 20.6. The summed E-state index contributed by atoms with van der Waals surface area (Å²) in [6.45, 7) is 0.932. The summed E-state index contributed by atoms with van der Waals surface area (Å²) in [4.78, 5) is 18.1. The number of hydrogen-bond donors (Lipinski definition) is 1. The highest BCUT2D eigenvalue weighted by molar-refractivity contribution is 7.09. The Hall–Kier alpha value is -2.52. The molecule has 6 nitrogen and oxygen atoms in total. The first-order valence-electron chi connectivity index (χ1n) is 9.14. The van der Waals surface area contributed by atoms with Gasteiger partial charge in [-0.3, -0.25) is 4.79 Å². The van der Waals surface area contributed by atoms with Crippen molar-refractivity contribution in [1.82, 2.24) is 10.3 Å². The number of fused-ring (bicyclic) bond motifs is 1. The Morgan fingerprint density at radius 2 is 2.17 bits per heavy atom. The van der Waals surface area contributed by atoms with Crippen LogP contribution in [0.4, 0.5) is 8.78 Å². The maximum Gasteiger partial charge on any atom is 0.345 e. The van der Waals surface area contributed by atoms with Gasteiger partial charge < -0.3 is 19.2 Å². The highest BCUT2D eigenvalue weighted by atomic mass is 32.1. The Labute approximate surface area is 169 Å². The molecule has 154 valence electrons. The van der Waals surface area contributed by atoms with Gasteiger partial charge in [0.05, 0.1) is 33.8 Å². The van der Waals surface area contributed by atoms with E-state index in [4.69, 9.17) is 9.15 Å². The number of benzene rings is 1. The first-order valence-corrected chi connectivity index (χ1v) is 10.0. The summed E-state index contributed by atoms with van der Waals surface area (Å²) in [5.41, 5.74) is 2.90. The van der Waals surface area contributed by atoms with Gasteiger partial charge in [0.2, 0.25) is 0 Å². The second-order valence-electron chi connectivity index (χ2n) is 7.15. The van der Waals surface area contributed by atoms with Crippen LogP contribution in [0.15, 0.2) is 28.1 Å². The molecule has 0 radical (unpaired) electrons. The van der Waals surface area contributed by atoms with E-state index in [-0.39, 0.29) is 12.5 Å². The zero-order valence-corrected chi connectivity index (χ0v) is 16.8. The highest BCUT2D eigenvalue weighted by Crippen LogP contribution is 2.37.